The minimum absolute atomic E-state index is 0.0455. The molecule has 0 aliphatic rings. The number of nitrogens with zero attached hydrogens (tertiary/aromatic N) is 3. The average molecular weight is 300 g/mol. The van der Waals surface area contributed by atoms with Gasteiger partial charge in [0.05, 0.1) is 29.9 Å². The van der Waals surface area contributed by atoms with E-state index in [1.165, 1.54) is 0 Å². The number of rotatable bonds is 5. The van der Waals surface area contributed by atoms with Crippen molar-refractivity contribution in [1.82, 2.24) is 15.0 Å². The largest absolute Gasteiger partial charge is 0.390 e. The highest BCUT2D eigenvalue weighted by atomic mass is 32.1. The van der Waals surface area contributed by atoms with E-state index in [2.05, 4.69) is 20.3 Å². The van der Waals surface area contributed by atoms with Crippen LogP contribution in [-0.4, -0.2) is 20.1 Å². The maximum atomic E-state index is 9.13. The molecule has 0 fully saturated rings. The molecule has 21 heavy (non-hydrogen) atoms. The van der Waals surface area contributed by atoms with Crippen LogP contribution in [0.15, 0.2) is 29.6 Å². The molecule has 0 amide bonds. The molecule has 0 unspecified atom stereocenters. The number of aryl methyl sites for hydroxylation is 1. The van der Waals surface area contributed by atoms with Crippen LogP contribution in [0.25, 0.3) is 10.2 Å². The topological polar surface area (TPSA) is 70.9 Å². The van der Waals surface area contributed by atoms with Gasteiger partial charge in [-0.1, -0.05) is 13.0 Å². The third-order valence-electron chi connectivity index (χ3n) is 3.15. The molecule has 0 saturated carbocycles. The van der Waals surface area contributed by atoms with Gasteiger partial charge < -0.3 is 10.4 Å². The predicted octanol–water partition coefficient (Wildman–Crippen LogP) is 2.75. The summed E-state index contributed by atoms with van der Waals surface area (Å²) < 4.78 is 0. The Morgan fingerprint density at radius 1 is 1.14 bits per heavy atom. The van der Waals surface area contributed by atoms with Crippen molar-refractivity contribution in [3.63, 3.8) is 0 Å². The van der Waals surface area contributed by atoms with Crippen LogP contribution >= 0.6 is 11.3 Å². The van der Waals surface area contributed by atoms with Gasteiger partial charge in [-0.2, -0.15) is 0 Å². The highest BCUT2D eigenvalue weighted by Crippen LogP contribution is 2.25. The molecular weight excluding hydrogens is 284 g/mol. The lowest BCUT2D eigenvalue weighted by Crippen LogP contribution is -2.06. The van der Waals surface area contributed by atoms with Crippen molar-refractivity contribution in [2.45, 2.75) is 26.5 Å². The van der Waals surface area contributed by atoms with Gasteiger partial charge in [0.25, 0.3) is 0 Å². The van der Waals surface area contributed by atoms with Gasteiger partial charge >= 0.3 is 0 Å². The van der Waals surface area contributed by atoms with Crippen molar-refractivity contribution >= 4 is 27.4 Å². The maximum absolute atomic E-state index is 9.13. The standard InChI is InChI=1S/C15H16N4OS/c1-2-13-18-14(12-6-7-21-15(12)19-13)16-8-10-4-3-5-11(9-20)17-10/h3-7,20H,2,8-9H2,1H3,(H,16,18,19). The molecule has 3 aromatic rings. The molecule has 0 aliphatic carbocycles. The lowest BCUT2D eigenvalue weighted by atomic mass is 10.3. The summed E-state index contributed by atoms with van der Waals surface area (Å²) in [7, 11) is 0. The van der Waals surface area contributed by atoms with E-state index in [4.69, 9.17) is 5.11 Å². The molecule has 2 N–H and O–H groups in total. The molecule has 0 radical (unpaired) electrons. The van der Waals surface area contributed by atoms with E-state index in [1.807, 2.05) is 30.5 Å². The summed E-state index contributed by atoms with van der Waals surface area (Å²) >= 11 is 1.62. The van der Waals surface area contributed by atoms with Gasteiger partial charge in [0.2, 0.25) is 0 Å². The number of aliphatic hydroxyl groups is 1. The number of hydrogen-bond donors (Lipinski definition) is 2. The van der Waals surface area contributed by atoms with Crippen LogP contribution in [-0.2, 0) is 19.6 Å². The molecule has 5 nitrogen and oxygen atoms in total. The van der Waals surface area contributed by atoms with Crippen LogP contribution < -0.4 is 5.32 Å². The number of hydrogen-bond acceptors (Lipinski definition) is 6. The minimum atomic E-state index is -0.0455. The Morgan fingerprint density at radius 2 is 2.00 bits per heavy atom. The van der Waals surface area contributed by atoms with Crippen LogP contribution in [0.2, 0.25) is 0 Å². The van der Waals surface area contributed by atoms with Crippen molar-refractivity contribution in [3.05, 3.63) is 46.9 Å². The molecule has 0 spiro atoms. The SMILES string of the molecule is CCc1nc(NCc2cccc(CO)n2)c2ccsc2n1. The summed E-state index contributed by atoms with van der Waals surface area (Å²) in [5.74, 6) is 1.68. The van der Waals surface area contributed by atoms with E-state index in [0.29, 0.717) is 12.2 Å². The first kappa shape index (κ1) is 13.9. The average Bonchev–Trinajstić information content (AvgIpc) is 3.01. The second kappa shape index (κ2) is 6.15. The Bertz CT molecular complexity index is 756. The fourth-order valence-electron chi connectivity index (χ4n) is 2.08. The smallest absolute Gasteiger partial charge is 0.138 e. The lowest BCUT2D eigenvalue weighted by molar-refractivity contribution is 0.276. The van der Waals surface area contributed by atoms with Crippen LogP contribution in [0.5, 0.6) is 0 Å². The number of aliphatic hydroxyl groups excluding tert-OH is 1. The number of pyridine rings is 1. The normalized spacial score (nSPS) is 11.0. The molecule has 0 aliphatic heterocycles. The van der Waals surface area contributed by atoms with Crippen LogP contribution in [0, 0.1) is 0 Å². The van der Waals surface area contributed by atoms with E-state index in [-0.39, 0.29) is 6.61 Å². The van der Waals surface area contributed by atoms with Crippen molar-refractivity contribution in [2.75, 3.05) is 5.32 Å². The van der Waals surface area contributed by atoms with Crippen molar-refractivity contribution in [1.29, 1.82) is 0 Å². The van der Waals surface area contributed by atoms with Crippen molar-refractivity contribution in [2.24, 2.45) is 0 Å². The van der Waals surface area contributed by atoms with Crippen LogP contribution in [0.1, 0.15) is 24.1 Å². The molecule has 0 bridgehead atoms. The Labute approximate surface area is 126 Å². The summed E-state index contributed by atoms with van der Waals surface area (Å²) in [6.45, 7) is 2.57. The predicted molar refractivity (Wildman–Crippen MR) is 84.3 cm³/mol. The fraction of sp³-hybridized carbons (Fsp3) is 0.267. The van der Waals surface area contributed by atoms with Gasteiger partial charge in [-0.25, -0.2) is 9.97 Å². The number of fused-ring (bicyclic) bond motifs is 1. The lowest BCUT2D eigenvalue weighted by Gasteiger charge is -2.08. The van der Waals surface area contributed by atoms with E-state index in [9.17, 15) is 0 Å². The number of anilines is 1. The molecule has 0 atom stereocenters. The van der Waals surface area contributed by atoms with Gasteiger partial charge in [-0.3, -0.25) is 4.98 Å². The number of nitrogens with one attached hydrogen (secondary N) is 1. The summed E-state index contributed by atoms with van der Waals surface area (Å²) in [4.78, 5) is 14.4. The zero-order chi connectivity index (χ0) is 14.7. The molecular formula is C15H16N4OS. The summed E-state index contributed by atoms with van der Waals surface area (Å²) in [6.07, 6.45) is 0.806. The summed E-state index contributed by atoms with van der Waals surface area (Å²) in [6, 6.07) is 7.66. The molecule has 3 heterocycles. The quantitative estimate of drug-likeness (QED) is 0.758. The maximum Gasteiger partial charge on any atom is 0.138 e. The molecule has 0 aromatic carbocycles. The Kier molecular flexibility index (Phi) is 4.08. The van der Waals surface area contributed by atoms with E-state index in [0.717, 1.165) is 34.0 Å². The van der Waals surface area contributed by atoms with Gasteiger partial charge in [0, 0.05) is 6.42 Å². The highest BCUT2D eigenvalue weighted by molar-refractivity contribution is 7.16. The Morgan fingerprint density at radius 3 is 2.81 bits per heavy atom. The first-order chi connectivity index (χ1) is 10.3. The Balaban J connectivity index is 1.85. The van der Waals surface area contributed by atoms with Crippen molar-refractivity contribution < 1.29 is 5.11 Å². The minimum Gasteiger partial charge on any atom is -0.390 e. The highest BCUT2D eigenvalue weighted by Gasteiger charge is 2.08. The second-order valence-electron chi connectivity index (χ2n) is 4.61. The van der Waals surface area contributed by atoms with Crippen LogP contribution in [0.3, 0.4) is 0 Å². The van der Waals surface area contributed by atoms with Gasteiger partial charge in [-0.15, -0.1) is 11.3 Å². The van der Waals surface area contributed by atoms with E-state index >= 15 is 0 Å². The first-order valence-corrected chi connectivity index (χ1v) is 7.71. The van der Waals surface area contributed by atoms with Gasteiger partial charge in [-0.05, 0) is 23.6 Å². The molecule has 6 heteroatoms. The molecule has 108 valence electrons. The third-order valence-corrected chi connectivity index (χ3v) is 3.96. The molecule has 0 saturated heterocycles. The van der Waals surface area contributed by atoms with Gasteiger partial charge in [0.15, 0.2) is 0 Å². The molecule has 3 aromatic heterocycles. The molecule has 3 rings (SSSR count). The zero-order valence-electron chi connectivity index (χ0n) is 11.7. The van der Waals surface area contributed by atoms with Gasteiger partial charge in [0.1, 0.15) is 16.5 Å². The zero-order valence-corrected chi connectivity index (χ0v) is 12.5. The fourth-order valence-corrected chi connectivity index (χ4v) is 2.87. The van der Waals surface area contributed by atoms with Crippen molar-refractivity contribution in [3.8, 4) is 0 Å². The van der Waals surface area contributed by atoms with E-state index in [1.54, 1.807) is 17.4 Å². The second-order valence-corrected chi connectivity index (χ2v) is 5.51. The number of aromatic nitrogens is 3. The Hall–Kier alpha value is -2.05. The van der Waals surface area contributed by atoms with E-state index < -0.39 is 0 Å². The number of thiophene rings is 1. The summed E-state index contributed by atoms with van der Waals surface area (Å²) in [5.41, 5.74) is 1.55. The first-order valence-electron chi connectivity index (χ1n) is 6.84. The van der Waals surface area contributed by atoms with Crippen LogP contribution in [0.4, 0.5) is 5.82 Å². The monoisotopic (exact) mass is 300 g/mol. The third kappa shape index (κ3) is 3.01. The summed E-state index contributed by atoms with van der Waals surface area (Å²) in [5, 5.41) is 15.5.